The first-order chi connectivity index (χ1) is 21.7. The number of aryl methyl sites for hydroxylation is 2. The van der Waals surface area contributed by atoms with Gasteiger partial charge in [0.25, 0.3) is 20.0 Å². The molecule has 0 fully saturated rings. The average Bonchev–Trinajstić information content (AvgIpc) is 3.04. The number of anilines is 2. The molecule has 0 saturated carbocycles. The molecule has 240 valence electrons. The van der Waals surface area contributed by atoms with E-state index in [-0.39, 0.29) is 26.6 Å². The van der Waals surface area contributed by atoms with E-state index in [9.17, 15) is 26.2 Å². The van der Waals surface area contributed by atoms with Crippen LogP contribution in [-0.4, -0.2) is 36.2 Å². The summed E-state index contributed by atoms with van der Waals surface area (Å²) in [5.41, 5.74) is 2.50. The number of hydrogen-bond acceptors (Lipinski definition) is 7. The van der Waals surface area contributed by atoms with Crippen LogP contribution < -0.4 is 14.0 Å². The van der Waals surface area contributed by atoms with Crippen LogP contribution in [0.25, 0.3) is 22.1 Å². The third-order valence-electron chi connectivity index (χ3n) is 8.16. The largest absolute Gasteiger partial charge is 0.422 e. The van der Waals surface area contributed by atoms with Gasteiger partial charge in [-0.25, -0.2) is 21.6 Å². The zero-order valence-corrected chi connectivity index (χ0v) is 28.7. The highest BCUT2D eigenvalue weighted by Gasteiger charge is 2.37. The number of nitrogens with zero attached hydrogens (tertiary/aromatic N) is 2. The molecule has 0 N–H and O–H groups in total. The van der Waals surface area contributed by atoms with Crippen molar-refractivity contribution in [2.45, 2.75) is 37.5 Å². The molecule has 0 radical (unpaired) electrons. The zero-order chi connectivity index (χ0) is 33.4. The van der Waals surface area contributed by atoms with E-state index in [0.717, 1.165) is 11.1 Å². The van der Waals surface area contributed by atoms with Crippen LogP contribution in [0.4, 0.5) is 11.4 Å². The maximum absolute atomic E-state index is 14.3. The molecule has 0 aliphatic carbocycles. The Kier molecular flexibility index (Phi) is 9.05. The predicted molar refractivity (Wildman–Crippen MR) is 184 cm³/mol. The van der Waals surface area contributed by atoms with Crippen molar-refractivity contribution in [3.8, 4) is 11.1 Å². The van der Waals surface area contributed by atoms with Crippen LogP contribution in [-0.2, 0) is 24.6 Å². The Hall–Kier alpha value is -4.18. The maximum atomic E-state index is 14.3. The molecule has 0 aliphatic rings. The summed E-state index contributed by atoms with van der Waals surface area (Å²) in [5, 5.41) is 0.335. The predicted octanol–water partition coefficient (Wildman–Crippen LogP) is 7.42. The van der Waals surface area contributed by atoms with E-state index in [1.165, 1.54) is 54.6 Å². The van der Waals surface area contributed by atoms with Crippen molar-refractivity contribution < 1.29 is 25.8 Å². The first-order valence-corrected chi connectivity index (χ1v) is 19.6. The Morgan fingerprint density at radius 1 is 0.696 bits per heavy atom. The van der Waals surface area contributed by atoms with Crippen LogP contribution >= 0.6 is 7.29 Å². The molecule has 4 aromatic carbocycles. The number of hydrogen-bond donors (Lipinski definition) is 0. The van der Waals surface area contributed by atoms with Crippen LogP contribution in [0.15, 0.2) is 116 Å². The molecule has 0 amide bonds. The molecule has 0 aliphatic heterocycles. The molecule has 0 atom stereocenters. The minimum absolute atomic E-state index is 0.166. The highest BCUT2D eigenvalue weighted by atomic mass is 32.3. The average molecular weight is 679 g/mol. The lowest BCUT2D eigenvalue weighted by atomic mass is 10.0. The van der Waals surface area contributed by atoms with Gasteiger partial charge in [-0.15, -0.1) is 0 Å². The SMILES string of the molecule is CCP(=O)(CC)N(C)c1ccc(S(=O)(=O)N(c2ccc3oc(=O)c(-c4ccccc4C)cc3c2)S(=O)(=O)c2ccc(C)cc2)cc1. The second-order valence-corrected chi connectivity index (χ2v) is 18.4. The molecule has 5 aromatic rings. The van der Waals surface area contributed by atoms with Crippen LogP contribution in [0.1, 0.15) is 25.0 Å². The molecule has 12 heteroatoms. The topological polar surface area (TPSA) is 122 Å². The Morgan fingerprint density at radius 2 is 1.24 bits per heavy atom. The summed E-state index contributed by atoms with van der Waals surface area (Å²) in [6.07, 6.45) is 0.881. The Labute approximate surface area is 269 Å². The Bertz CT molecular complexity index is 2240. The molecule has 9 nitrogen and oxygen atoms in total. The van der Waals surface area contributed by atoms with Gasteiger partial charge < -0.3 is 13.7 Å². The van der Waals surface area contributed by atoms with Gasteiger partial charge in [-0.05, 0) is 85.6 Å². The number of fused-ring (bicyclic) bond motifs is 1. The minimum atomic E-state index is -4.74. The molecule has 0 spiro atoms. The van der Waals surface area contributed by atoms with Crippen molar-refractivity contribution in [2.24, 2.45) is 0 Å². The van der Waals surface area contributed by atoms with Crippen molar-refractivity contribution in [1.82, 2.24) is 0 Å². The van der Waals surface area contributed by atoms with Crippen LogP contribution in [0, 0.1) is 13.8 Å². The fourth-order valence-electron chi connectivity index (χ4n) is 5.29. The summed E-state index contributed by atoms with van der Waals surface area (Å²) in [5.74, 6) is 0. The zero-order valence-electron chi connectivity index (χ0n) is 26.2. The lowest BCUT2D eigenvalue weighted by Gasteiger charge is -2.29. The lowest BCUT2D eigenvalue weighted by molar-refractivity contribution is 0.563. The van der Waals surface area contributed by atoms with Gasteiger partial charge in [0.2, 0.25) is 0 Å². The van der Waals surface area contributed by atoms with Gasteiger partial charge in [-0.1, -0.05) is 55.8 Å². The lowest BCUT2D eigenvalue weighted by Crippen LogP contribution is -2.37. The van der Waals surface area contributed by atoms with Crippen molar-refractivity contribution >= 4 is 49.7 Å². The van der Waals surface area contributed by atoms with Crippen molar-refractivity contribution in [1.29, 1.82) is 0 Å². The Balaban J connectivity index is 1.69. The molecular formula is C34H35N2O7PS2. The fraction of sp³-hybridized carbons (Fsp3) is 0.206. The quantitative estimate of drug-likeness (QED) is 0.111. The minimum Gasteiger partial charge on any atom is -0.422 e. The molecule has 0 bridgehead atoms. The monoisotopic (exact) mass is 678 g/mol. The van der Waals surface area contributed by atoms with Gasteiger partial charge >= 0.3 is 5.63 Å². The summed E-state index contributed by atoms with van der Waals surface area (Å²) in [4.78, 5) is 12.4. The normalized spacial score (nSPS) is 12.3. The number of benzene rings is 4. The summed E-state index contributed by atoms with van der Waals surface area (Å²) >= 11 is 0. The van der Waals surface area contributed by atoms with E-state index in [1.54, 1.807) is 49.0 Å². The molecule has 1 heterocycles. The smallest absolute Gasteiger partial charge is 0.344 e. The van der Waals surface area contributed by atoms with Gasteiger partial charge in [0.1, 0.15) is 5.58 Å². The van der Waals surface area contributed by atoms with Gasteiger partial charge in [0.15, 0.2) is 7.29 Å². The molecule has 5 rings (SSSR count). The molecule has 0 saturated heterocycles. The highest BCUT2D eigenvalue weighted by molar-refractivity contribution is 8.10. The summed E-state index contributed by atoms with van der Waals surface area (Å²) in [7, 11) is -10.4. The van der Waals surface area contributed by atoms with E-state index in [0.29, 0.717) is 32.7 Å². The third-order valence-corrected chi connectivity index (χ3v) is 15.7. The summed E-state index contributed by atoms with van der Waals surface area (Å²) in [6.45, 7) is 7.32. The van der Waals surface area contributed by atoms with Crippen molar-refractivity contribution in [3.63, 3.8) is 0 Å². The van der Waals surface area contributed by atoms with E-state index < -0.39 is 33.0 Å². The fourth-order valence-corrected chi connectivity index (χ4v) is 10.8. The number of sulfonamides is 2. The second-order valence-electron chi connectivity index (χ2n) is 11.0. The van der Waals surface area contributed by atoms with Crippen LogP contribution in [0.2, 0.25) is 0 Å². The van der Waals surface area contributed by atoms with Gasteiger partial charge in [-0.3, -0.25) is 0 Å². The molecular weight excluding hydrogens is 643 g/mol. The Morgan fingerprint density at radius 3 is 1.80 bits per heavy atom. The first-order valence-electron chi connectivity index (χ1n) is 14.7. The van der Waals surface area contributed by atoms with Crippen molar-refractivity contribution in [2.75, 3.05) is 27.8 Å². The summed E-state index contributed by atoms with van der Waals surface area (Å²) < 4.78 is 78.0. The molecule has 46 heavy (non-hydrogen) atoms. The number of rotatable bonds is 10. The molecule has 1 aromatic heterocycles. The van der Waals surface area contributed by atoms with E-state index in [4.69, 9.17) is 4.42 Å². The highest BCUT2D eigenvalue weighted by Crippen LogP contribution is 2.50. The van der Waals surface area contributed by atoms with E-state index in [2.05, 4.69) is 0 Å². The molecule has 0 unspecified atom stereocenters. The van der Waals surface area contributed by atoms with Crippen LogP contribution in [0.5, 0.6) is 0 Å². The van der Waals surface area contributed by atoms with Gasteiger partial charge in [-0.2, -0.15) is 3.71 Å². The second kappa shape index (κ2) is 12.5. The van der Waals surface area contributed by atoms with Gasteiger partial charge in [0.05, 0.1) is 21.0 Å². The van der Waals surface area contributed by atoms with Crippen molar-refractivity contribution in [3.05, 3.63) is 119 Å². The third kappa shape index (κ3) is 6.02. The van der Waals surface area contributed by atoms with Crippen LogP contribution in [0.3, 0.4) is 0 Å². The van der Waals surface area contributed by atoms with E-state index in [1.807, 2.05) is 32.9 Å². The van der Waals surface area contributed by atoms with E-state index >= 15 is 0 Å². The van der Waals surface area contributed by atoms with Gasteiger partial charge in [0, 0.05) is 30.4 Å². The maximum Gasteiger partial charge on any atom is 0.344 e. The standard InChI is InChI=1S/C34H35N2O7PS2/c1-6-44(38,7-2)35(5)27-14-19-30(20-15-27)46(41,42)36(45(39,40)29-17-12-24(3)13-18-29)28-16-21-33-26(22-28)23-32(34(37)43-33)31-11-9-8-10-25(31)4/h8-23H,6-7H2,1-5H3. The summed E-state index contributed by atoms with van der Waals surface area (Å²) in [6, 6.07) is 24.4. The first kappa shape index (κ1) is 33.2.